The van der Waals surface area contributed by atoms with Crippen LogP contribution in [0, 0.1) is 63.7 Å². The van der Waals surface area contributed by atoms with Crippen molar-refractivity contribution in [1.82, 2.24) is 0 Å². The number of hydrogen-bond acceptors (Lipinski definition) is 0. The second kappa shape index (κ2) is 13.1. The normalized spacial score (nSPS) is 19.6. The van der Waals surface area contributed by atoms with Crippen molar-refractivity contribution in [2.75, 3.05) is 0 Å². The molecule has 2 saturated carbocycles. The van der Waals surface area contributed by atoms with Crippen LogP contribution >= 0.6 is 18.6 Å². The van der Waals surface area contributed by atoms with E-state index in [4.69, 9.17) is 18.6 Å². The third-order valence-electron chi connectivity index (χ3n) is 1.48. The Hall–Kier alpha value is 1.03. The zero-order valence-corrected chi connectivity index (χ0v) is 11.3. The van der Waals surface area contributed by atoms with Crippen molar-refractivity contribution in [2.24, 2.45) is 0 Å². The van der Waals surface area contributed by atoms with E-state index in [-0.39, 0.29) is 0 Å². The molecule has 0 amide bonds. The van der Waals surface area contributed by atoms with Crippen LogP contribution in [0.25, 0.3) is 0 Å². The van der Waals surface area contributed by atoms with Gasteiger partial charge in [-0.3, -0.25) is 0 Å². The van der Waals surface area contributed by atoms with E-state index in [1.54, 1.807) is 0 Å². The number of allylic oxidation sites excluding steroid dienone is 1. The van der Waals surface area contributed by atoms with Gasteiger partial charge >= 0.3 is 35.6 Å². The Bertz CT molecular complexity index is 122. The van der Waals surface area contributed by atoms with Crippen LogP contribution in [0.5, 0.6) is 0 Å². The fourth-order valence-electron chi connectivity index (χ4n) is 0.846. The number of hydrogen-bond donors (Lipinski definition) is 0. The predicted molar refractivity (Wildman–Crippen MR) is 63.8 cm³/mol. The van der Waals surface area contributed by atoms with E-state index < -0.39 is 17.0 Å². The van der Waals surface area contributed by atoms with Gasteiger partial charge in [0.15, 0.2) is 0 Å². The Balaban J connectivity index is 0.000000216. The van der Waals surface area contributed by atoms with Gasteiger partial charge in [-0.2, -0.15) is 0 Å². The van der Waals surface area contributed by atoms with E-state index in [0.29, 0.717) is 0 Å². The maximum absolute atomic E-state index is 4.89. The van der Waals surface area contributed by atoms with Crippen molar-refractivity contribution in [3.05, 3.63) is 76.4 Å². The van der Waals surface area contributed by atoms with Gasteiger partial charge in [0.2, 0.25) is 0 Å². The van der Waals surface area contributed by atoms with Crippen LogP contribution in [0.3, 0.4) is 0 Å². The number of halogens is 2. The predicted octanol–water partition coefficient (Wildman–Crippen LogP) is 3.98. The summed E-state index contributed by atoms with van der Waals surface area (Å²) in [5, 5.41) is 0. The average Bonchev–Trinajstić information content (AvgIpc) is 2.96. The molecule has 0 spiro atoms. The van der Waals surface area contributed by atoms with Gasteiger partial charge in [0.05, 0.1) is 0 Å². The molecule has 3 heteroatoms. The summed E-state index contributed by atoms with van der Waals surface area (Å²) in [6.45, 7) is 3.60. The Morgan fingerprint density at radius 2 is 1.20 bits per heavy atom. The van der Waals surface area contributed by atoms with E-state index in [0.717, 1.165) is 0 Å². The molecule has 10 radical (unpaired) electrons. The summed E-state index contributed by atoms with van der Waals surface area (Å²) < 4.78 is 0. The molecule has 2 fully saturated rings. The molecule has 0 aromatic heterocycles. The van der Waals surface area contributed by atoms with Crippen molar-refractivity contribution in [1.29, 1.82) is 0 Å². The van der Waals surface area contributed by atoms with Crippen LogP contribution in [0.2, 0.25) is 0 Å². The molecule has 0 aromatic rings. The first-order valence-electron chi connectivity index (χ1n) is 4.32. The molecule has 0 N–H and O–H groups in total. The molecule has 0 saturated heterocycles. The summed E-state index contributed by atoms with van der Waals surface area (Å²) in [5.41, 5.74) is 0. The molecule has 0 heterocycles. The monoisotopic (exact) mass is 274 g/mol. The van der Waals surface area contributed by atoms with Gasteiger partial charge in [0.1, 0.15) is 0 Å². The standard InChI is InChI=1S/C7H7.C5H5.2ClH.Ti/c1-2-7-5-3-4-6-7;1-2-4-5-3-1;;;/h2-6H,1H2;1-5H;2*1H;/q;;;;+2/p-2. The zero-order chi connectivity index (χ0) is 11.4. The van der Waals surface area contributed by atoms with Crippen LogP contribution in [0.1, 0.15) is 0 Å². The Kier molecular flexibility index (Phi) is 14.0. The summed E-state index contributed by atoms with van der Waals surface area (Å²) in [6, 6.07) is 0. The van der Waals surface area contributed by atoms with Gasteiger partial charge in [-0.15, -0.1) is 6.58 Å². The summed E-state index contributed by atoms with van der Waals surface area (Å²) in [6.07, 6.45) is 19.9. The van der Waals surface area contributed by atoms with Crippen molar-refractivity contribution in [3.8, 4) is 0 Å². The molecule has 78 valence electrons. The second-order valence-electron chi connectivity index (χ2n) is 2.46. The van der Waals surface area contributed by atoms with Crippen molar-refractivity contribution in [2.45, 2.75) is 0 Å². The fraction of sp³-hybridized carbons (Fsp3) is 0. The first kappa shape index (κ1) is 16.0. The Labute approximate surface area is 111 Å². The first-order chi connectivity index (χ1) is 7.35. The first-order valence-corrected chi connectivity index (χ1v) is 8.62. The van der Waals surface area contributed by atoms with Gasteiger partial charge in [0, 0.05) is 5.92 Å². The van der Waals surface area contributed by atoms with Crippen LogP contribution in [-0.2, 0) is 17.0 Å². The Morgan fingerprint density at radius 3 is 1.40 bits per heavy atom. The molecule has 0 atom stereocenters. The molecule has 2 aliphatic carbocycles. The van der Waals surface area contributed by atoms with Gasteiger partial charge in [-0.05, 0) is 57.8 Å². The van der Waals surface area contributed by atoms with Gasteiger partial charge < -0.3 is 0 Å². The van der Waals surface area contributed by atoms with Crippen LogP contribution < -0.4 is 0 Å². The fourth-order valence-corrected chi connectivity index (χ4v) is 0.846. The van der Waals surface area contributed by atoms with Crippen molar-refractivity contribution in [3.63, 3.8) is 0 Å². The third-order valence-corrected chi connectivity index (χ3v) is 1.48. The Morgan fingerprint density at radius 1 is 0.867 bits per heavy atom. The summed E-state index contributed by atoms with van der Waals surface area (Å²) >= 11 is -0.556. The molecule has 2 rings (SSSR count). The summed E-state index contributed by atoms with van der Waals surface area (Å²) in [5.74, 6) is 1.19. The molecule has 0 nitrogen and oxygen atoms in total. The van der Waals surface area contributed by atoms with E-state index >= 15 is 0 Å². The molecular formula is C12H12Cl2Ti. The van der Waals surface area contributed by atoms with E-state index in [1.807, 2.05) is 63.9 Å². The summed E-state index contributed by atoms with van der Waals surface area (Å²) in [7, 11) is 9.78. The molecule has 15 heavy (non-hydrogen) atoms. The van der Waals surface area contributed by atoms with Crippen LogP contribution in [0.15, 0.2) is 12.7 Å². The zero-order valence-electron chi connectivity index (χ0n) is 8.24. The summed E-state index contributed by atoms with van der Waals surface area (Å²) in [4.78, 5) is 0. The molecule has 0 bridgehead atoms. The minimum atomic E-state index is -0.556. The van der Waals surface area contributed by atoms with Gasteiger partial charge in [-0.25, -0.2) is 0 Å². The van der Waals surface area contributed by atoms with Crippen molar-refractivity contribution >= 4 is 18.6 Å². The van der Waals surface area contributed by atoms with E-state index in [1.165, 1.54) is 5.92 Å². The van der Waals surface area contributed by atoms with Crippen LogP contribution in [-0.4, -0.2) is 0 Å². The third kappa shape index (κ3) is 11.3. The number of rotatable bonds is 1. The molecule has 2 aliphatic rings. The van der Waals surface area contributed by atoms with Crippen molar-refractivity contribution < 1.29 is 17.0 Å². The van der Waals surface area contributed by atoms with E-state index in [9.17, 15) is 0 Å². The average molecular weight is 275 g/mol. The minimum absolute atomic E-state index is 0.556. The van der Waals surface area contributed by atoms with Gasteiger partial charge in [-0.1, -0.05) is 6.08 Å². The quantitative estimate of drug-likeness (QED) is 0.635. The second-order valence-corrected chi connectivity index (χ2v) is 5.04. The van der Waals surface area contributed by atoms with Crippen LogP contribution in [0.4, 0.5) is 0 Å². The SMILES string of the molecule is C=C[C]1[CH][CH][CH][CH]1.[CH]1[CH][CH][CH][CH]1.[Cl][Ti][Cl]. The topological polar surface area (TPSA) is 0 Å². The maximum atomic E-state index is 4.89. The molecule has 0 unspecified atom stereocenters. The van der Waals surface area contributed by atoms with E-state index in [2.05, 4.69) is 6.58 Å². The molecular weight excluding hydrogens is 263 g/mol. The van der Waals surface area contributed by atoms with Gasteiger partial charge in [0.25, 0.3) is 0 Å². The molecule has 0 aromatic carbocycles. The molecule has 0 aliphatic heterocycles.